The summed E-state index contributed by atoms with van der Waals surface area (Å²) in [7, 11) is 1.69. The molecule has 0 radical (unpaired) electrons. The van der Waals surface area contributed by atoms with Crippen LogP contribution in [0.25, 0.3) is 27.6 Å². The fourth-order valence-electron chi connectivity index (χ4n) is 2.85. The van der Waals surface area contributed by atoms with Gasteiger partial charge in [-0.1, -0.05) is 24.3 Å². The first kappa shape index (κ1) is 13.3. The highest BCUT2D eigenvalue weighted by atomic mass is 79.9. The minimum Gasteiger partial charge on any atom is -0.497 e. The summed E-state index contributed by atoms with van der Waals surface area (Å²) in [5, 5.41) is 2.40. The van der Waals surface area contributed by atoms with Gasteiger partial charge in [0.25, 0.3) is 0 Å². The lowest BCUT2D eigenvalue weighted by atomic mass is 10.1. The molecule has 0 aliphatic carbocycles. The number of pyridine rings is 1. The highest BCUT2D eigenvalue weighted by Crippen LogP contribution is 2.33. The summed E-state index contributed by atoms with van der Waals surface area (Å²) < 4.78 is 8.37. The molecule has 0 aliphatic rings. The van der Waals surface area contributed by atoms with Gasteiger partial charge in [-0.15, -0.1) is 0 Å². The van der Waals surface area contributed by atoms with E-state index in [9.17, 15) is 0 Å². The molecule has 4 rings (SSSR count). The van der Waals surface area contributed by atoms with Gasteiger partial charge in [0.15, 0.2) is 0 Å². The second-order valence-corrected chi connectivity index (χ2v) is 5.87. The van der Waals surface area contributed by atoms with Crippen molar-refractivity contribution in [3.05, 3.63) is 65.3 Å². The van der Waals surface area contributed by atoms with Crippen molar-refractivity contribution in [3.63, 3.8) is 0 Å². The average molecular weight is 353 g/mol. The quantitative estimate of drug-likeness (QED) is 0.477. The van der Waals surface area contributed by atoms with Gasteiger partial charge in [-0.2, -0.15) is 0 Å². The lowest BCUT2D eigenvalue weighted by Gasteiger charge is -2.07. The number of benzene rings is 2. The molecule has 0 N–H and O–H groups in total. The van der Waals surface area contributed by atoms with Gasteiger partial charge in [-0.25, -0.2) is 4.98 Å². The molecule has 2 aromatic heterocycles. The topological polar surface area (TPSA) is 27.1 Å². The maximum Gasteiger partial charge on any atom is 0.138 e. The molecule has 0 unspecified atom stereocenters. The highest BCUT2D eigenvalue weighted by molar-refractivity contribution is 9.10. The third-order valence-corrected chi connectivity index (χ3v) is 4.25. The van der Waals surface area contributed by atoms with E-state index in [-0.39, 0.29) is 0 Å². The number of ether oxygens (including phenoxy) is 1. The summed E-state index contributed by atoms with van der Waals surface area (Å²) in [5.41, 5.74) is 2.22. The molecule has 0 aliphatic heterocycles. The zero-order valence-corrected chi connectivity index (χ0v) is 13.5. The van der Waals surface area contributed by atoms with Gasteiger partial charge in [-0.05, 0) is 46.3 Å². The van der Waals surface area contributed by atoms with Crippen molar-refractivity contribution < 1.29 is 4.74 Å². The molecule has 4 aromatic rings. The molecule has 0 atom stereocenters. The number of methoxy groups -OCH3 is 1. The van der Waals surface area contributed by atoms with E-state index in [0.717, 1.165) is 27.2 Å². The van der Waals surface area contributed by atoms with Crippen LogP contribution in [0.15, 0.2) is 65.3 Å². The third-order valence-electron chi connectivity index (χ3n) is 3.81. The Hall–Kier alpha value is -2.33. The van der Waals surface area contributed by atoms with Crippen molar-refractivity contribution in [2.24, 2.45) is 0 Å². The number of aromatic nitrogens is 2. The fourth-order valence-corrected chi connectivity index (χ4v) is 3.18. The number of nitrogens with zero attached hydrogens (tertiary/aromatic N) is 2. The normalized spacial score (nSPS) is 11.2. The molecule has 0 saturated heterocycles. The molecule has 0 amide bonds. The largest absolute Gasteiger partial charge is 0.497 e. The summed E-state index contributed by atoms with van der Waals surface area (Å²) >= 11 is 3.45. The highest BCUT2D eigenvalue weighted by Gasteiger charge is 2.13. The fraction of sp³-hybridized carbons (Fsp3) is 0.0556. The van der Waals surface area contributed by atoms with E-state index in [2.05, 4.69) is 55.8 Å². The summed E-state index contributed by atoms with van der Waals surface area (Å²) in [4.78, 5) is 4.61. The van der Waals surface area contributed by atoms with Gasteiger partial charge in [0.1, 0.15) is 16.2 Å². The van der Waals surface area contributed by atoms with Crippen molar-refractivity contribution in [1.29, 1.82) is 0 Å². The summed E-state index contributed by atoms with van der Waals surface area (Å²) in [6, 6.07) is 20.4. The molecule has 2 heterocycles. The Morgan fingerprint density at radius 2 is 1.73 bits per heavy atom. The van der Waals surface area contributed by atoms with Gasteiger partial charge >= 0.3 is 0 Å². The van der Waals surface area contributed by atoms with Crippen LogP contribution < -0.4 is 4.74 Å². The lowest BCUT2D eigenvalue weighted by molar-refractivity contribution is 0.415. The molecule has 22 heavy (non-hydrogen) atoms. The van der Waals surface area contributed by atoms with Crippen molar-refractivity contribution in [2.75, 3.05) is 7.11 Å². The standard InChI is InChI=1S/C18H13BrN2O/c1-22-12-9-10-14-13-5-2-3-6-15(13)21(16(14)11-12)18-8-4-7-17(19)20-18/h2-11H,1H3. The molecule has 108 valence electrons. The minimum atomic E-state index is 0.818. The van der Waals surface area contributed by atoms with Crippen LogP contribution in [-0.2, 0) is 0 Å². The van der Waals surface area contributed by atoms with Gasteiger partial charge < -0.3 is 4.74 Å². The number of rotatable bonds is 2. The Labute approximate surface area is 136 Å². The Morgan fingerprint density at radius 1 is 0.909 bits per heavy atom. The SMILES string of the molecule is COc1ccc2c3ccccc3n(-c3cccc(Br)n3)c2c1. The lowest BCUT2D eigenvalue weighted by Crippen LogP contribution is -1.97. The second kappa shape index (κ2) is 5.14. The van der Waals surface area contributed by atoms with Crippen LogP contribution >= 0.6 is 15.9 Å². The van der Waals surface area contributed by atoms with Crippen LogP contribution in [0.1, 0.15) is 0 Å². The molecule has 0 saturated carbocycles. The molecule has 0 fully saturated rings. The predicted octanol–water partition coefficient (Wildman–Crippen LogP) is 4.95. The van der Waals surface area contributed by atoms with Crippen LogP contribution in [-0.4, -0.2) is 16.7 Å². The molecule has 0 spiro atoms. The van der Waals surface area contributed by atoms with Crippen LogP contribution in [0.4, 0.5) is 0 Å². The number of fused-ring (bicyclic) bond motifs is 3. The minimum absolute atomic E-state index is 0.818. The number of para-hydroxylation sites is 1. The first-order valence-corrected chi connectivity index (χ1v) is 7.77. The Bertz CT molecular complexity index is 991. The van der Waals surface area contributed by atoms with Crippen molar-refractivity contribution >= 4 is 37.7 Å². The van der Waals surface area contributed by atoms with Crippen molar-refractivity contribution in [3.8, 4) is 11.6 Å². The summed E-state index contributed by atoms with van der Waals surface area (Å²) in [6.07, 6.45) is 0. The van der Waals surface area contributed by atoms with Gasteiger partial charge in [0.05, 0.1) is 18.1 Å². The first-order valence-electron chi connectivity index (χ1n) is 6.98. The Kier molecular flexibility index (Phi) is 3.12. The molecular formula is C18H13BrN2O. The van der Waals surface area contributed by atoms with Crippen LogP contribution in [0.5, 0.6) is 5.75 Å². The van der Waals surface area contributed by atoms with Gasteiger partial charge in [0, 0.05) is 16.8 Å². The van der Waals surface area contributed by atoms with E-state index >= 15 is 0 Å². The van der Waals surface area contributed by atoms with E-state index in [4.69, 9.17) is 4.74 Å². The summed E-state index contributed by atoms with van der Waals surface area (Å²) in [6.45, 7) is 0. The Morgan fingerprint density at radius 3 is 2.55 bits per heavy atom. The smallest absolute Gasteiger partial charge is 0.138 e. The maximum absolute atomic E-state index is 5.39. The number of hydrogen-bond acceptors (Lipinski definition) is 2. The molecule has 4 heteroatoms. The first-order chi connectivity index (χ1) is 10.8. The van der Waals surface area contributed by atoms with E-state index < -0.39 is 0 Å². The monoisotopic (exact) mass is 352 g/mol. The molecular weight excluding hydrogens is 340 g/mol. The molecule has 0 bridgehead atoms. The van der Waals surface area contributed by atoms with E-state index in [1.165, 1.54) is 10.8 Å². The van der Waals surface area contributed by atoms with Crippen molar-refractivity contribution in [1.82, 2.24) is 9.55 Å². The Balaban J connectivity index is 2.17. The van der Waals surface area contributed by atoms with E-state index in [1.807, 2.05) is 30.3 Å². The zero-order chi connectivity index (χ0) is 15.1. The van der Waals surface area contributed by atoms with Crippen LogP contribution in [0.3, 0.4) is 0 Å². The van der Waals surface area contributed by atoms with Crippen LogP contribution in [0.2, 0.25) is 0 Å². The van der Waals surface area contributed by atoms with Crippen LogP contribution in [0, 0.1) is 0 Å². The number of hydrogen-bond donors (Lipinski definition) is 0. The predicted molar refractivity (Wildman–Crippen MR) is 92.8 cm³/mol. The maximum atomic E-state index is 5.39. The van der Waals surface area contributed by atoms with Gasteiger partial charge in [-0.3, -0.25) is 4.57 Å². The second-order valence-electron chi connectivity index (χ2n) is 5.05. The molecule has 2 aromatic carbocycles. The van der Waals surface area contributed by atoms with Crippen molar-refractivity contribution in [2.45, 2.75) is 0 Å². The van der Waals surface area contributed by atoms with E-state index in [1.54, 1.807) is 7.11 Å². The van der Waals surface area contributed by atoms with E-state index in [0.29, 0.717) is 0 Å². The zero-order valence-electron chi connectivity index (χ0n) is 12.0. The third kappa shape index (κ3) is 1.99. The number of halogens is 1. The average Bonchev–Trinajstić information content (AvgIpc) is 2.88. The van der Waals surface area contributed by atoms with Gasteiger partial charge in [0.2, 0.25) is 0 Å². The summed E-state index contributed by atoms with van der Waals surface area (Å²) in [5.74, 6) is 1.72. The molecule has 3 nitrogen and oxygen atoms in total.